The molecule has 3 N–H and O–H groups in total. The Hall–Kier alpha value is -1.06. The molecule has 0 spiro atoms. The number of hydrogen-bond donors (Lipinski definition) is 2. The average Bonchev–Trinajstić information content (AvgIpc) is 2.73. The number of carbonyl (C=O) groups excluding carboxylic acids is 1. The Labute approximate surface area is 125 Å². The Bertz CT molecular complexity index is 523. The molecule has 1 saturated carbocycles. The standard InChI is InChI=1S/C16H23ClN2O/c1-15(2)13(16(15,3)4)9-19-8-11-6-5-10(14(18)20)7-12(11)17/h5-7,13,19H,8-9H2,1-4H3,(H2,18,20). The molecular formula is C16H23ClN2O. The third-order valence-corrected chi connectivity index (χ3v) is 5.67. The molecule has 2 rings (SSSR count). The molecule has 0 heterocycles. The van der Waals surface area contributed by atoms with E-state index in [4.69, 9.17) is 17.3 Å². The van der Waals surface area contributed by atoms with Crippen LogP contribution in [0.3, 0.4) is 0 Å². The molecule has 0 atom stereocenters. The lowest BCUT2D eigenvalue weighted by molar-refractivity contribution is 0.100. The van der Waals surface area contributed by atoms with Crippen molar-refractivity contribution in [3.05, 3.63) is 34.3 Å². The number of carbonyl (C=O) groups is 1. The molecule has 0 aliphatic heterocycles. The molecule has 1 aromatic carbocycles. The van der Waals surface area contributed by atoms with Gasteiger partial charge in [-0.1, -0.05) is 45.4 Å². The minimum absolute atomic E-state index is 0.389. The Morgan fingerprint density at radius 2 is 1.90 bits per heavy atom. The molecule has 3 nitrogen and oxygen atoms in total. The van der Waals surface area contributed by atoms with E-state index < -0.39 is 5.91 Å². The van der Waals surface area contributed by atoms with Crippen LogP contribution in [0.1, 0.15) is 43.6 Å². The van der Waals surface area contributed by atoms with E-state index >= 15 is 0 Å². The first-order valence-corrected chi connectivity index (χ1v) is 7.34. The van der Waals surface area contributed by atoms with Gasteiger partial charge in [0, 0.05) is 17.1 Å². The summed E-state index contributed by atoms with van der Waals surface area (Å²) in [5.74, 6) is 0.228. The first-order valence-electron chi connectivity index (χ1n) is 6.97. The zero-order chi connectivity index (χ0) is 15.1. The number of nitrogens with one attached hydrogen (secondary N) is 1. The zero-order valence-corrected chi connectivity index (χ0v) is 13.3. The molecule has 0 unspecified atom stereocenters. The van der Waals surface area contributed by atoms with Crippen LogP contribution in [0.25, 0.3) is 0 Å². The van der Waals surface area contributed by atoms with Crippen LogP contribution in [0.2, 0.25) is 5.02 Å². The van der Waals surface area contributed by atoms with Gasteiger partial charge in [0.25, 0.3) is 0 Å². The van der Waals surface area contributed by atoms with E-state index in [-0.39, 0.29) is 0 Å². The van der Waals surface area contributed by atoms with Crippen LogP contribution < -0.4 is 11.1 Å². The third kappa shape index (κ3) is 2.57. The summed E-state index contributed by atoms with van der Waals surface area (Å²) in [5.41, 5.74) is 7.45. The highest BCUT2D eigenvalue weighted by molar-refractivity contribution is 6.31. The van der Waals surface area contributed by atoms with Gasteiger partial charge in [0.05, 0.1) is 0 Å². The van der Waals surface area contributed by atoms with E-state index in [1.165, 1.54) is 0 Å². The van der Waals surface area contributed by atoms with Gasteiger partial charge in [-0.2, -0.15) is 0 Å². The lowest BCUT2D eigenvalue weighted by Gasteiger charge is -2.08. The summed E-state index contributed by atoms with van der Waals surface area (Å²) in [5, 5.41) is 4.05. The number of halogens is 1. The van der Waals surface area contributed by atoms with Crippen molar-refractivity contribution in [3.8, 4) is 0 Å². The zero-order valence-electron chi connectivity index (χ0n) is 12.6. The lowest BCUT2D eigenvalue weighted by Crippen LogP contribution is -2.19. The second kappa shape index (κ2) is 5.05. The maximum absolute atomic E-state index is 11.1. The van der Waals surface area contributed by atoms with Crippen LogP contribution in [0.4, 0.5) is 0 Å². The first-order chi connectivity index (χ1) is 9.18. The fourth-order valence-corrected chi connectivity index (χ4v) is 3.29. The van der Waals surface area contributed by atoms with Crippen molar-refractivity contribution >= 4 is 17.5 Å². The summed E-state index contributed by atoms with van der Waals surface area (Å²) in [6, 6.07) is 5.21. The smallest absolute Gasteiger partial charge is 0.248 e. The maximum Gasteiger partial charge on any atom is 0.248 e. The summed E-state index contributed by atoms with van der Waals surface area (Å²) in [4.78, 5) is 11.1. The summed E-state index contributed by atoms with van der Waals surface area (Å²) < 4.78 is 0. The molecule has 1 fully saturated rings. The van der Waals surface area contributed by atoms with Crippen LogP contribution in [0.5, 0.6) is 0 Å². The molecule has 1 aromatic rings. The molecule has 1 aliphatic carbocycles. The number of amides is 1. The Morgan fingerprint density at radius 1 is 1.30 bits per heavy atom. The van der Waals surface area contributed by atoms with Gasteiger partial charge in [-0.3, -0.25) is 4.79 Å². The molecule has 110 valence electrons. The van der Waals surface area contributed by atoms with Crippen LogP contribution in [-0.2, 0) is 6.54 Å². The van der Waals surface area contributed by atoms with Crippen molar-refractivity contribution in [1.82, 2.24) is 5.32 Å². The quantitative estimate of drug-likeness (QED) is 0.876. The summed E-state index contributed by atoms with van der Waals surface area (Å²) in [7, 11) is 0. The Kier molecular flexibility index (Phi) is 3.87. The summed E-state index contributed by atoms with van der Waals surface area (Å²) in [6.45, 7) is 10.9. The maximum atomic E-state index is 11.1. The van der Waals surface area contributed by atoms with Gasteiger partial charge in [-0.15, -0.1) is 0 Å². The molecule has 20 heavy (non-hydrogen) atoms. The van der Waals surface area contributed by atoms with Crippen LogP contribution in [0.15, 0.2) is 18.2 Å². The molecule has 4 heteroatoms. The number of nitrogens with two attached hydrogens (primary N) is 1. The van der Waals surface area contributed by atoms with Gasteiger partial charge in [-0.05, 0) is 41.0 Å². The van der Waals surface area contributed by atoms with E-state index in [1.54, 1.807) is 12.1 Å². The molecule has 0 saturated heterocycles. The predicted octanol–water partition coefficient (Wildman–Crippen LogP) is 3.21. The third-order valence-electron chi connectivity index (χ3n) is 5.32. The molecule has 0 aromatic heterocycles. The van der Waals surface area contributed by atoms with Crippen molar-refractivity contribution < 1.29 is 4.79 Å². The minimum Gasteiger partial charge on any atom is -0.366 e. The first kappa shape index (κ1) is 15.3. The Morgan fingerprint density at radius 3 is 2.35 bits per heavy atom. The van der Waals surface area contributed by atoms with E-state index in [1.807, 2.05) is 6.07 Å². The fraction of sp³-hybridized carbons (Fsp3) is 0.562. The molecule has 0 radical (unpaired) electrons. The lowest BCUT2D eigenvalue weighted by atomic mass is 10.0. The molecular weight excluding hydrogens is 272 g/mol. The van der Waals surface area contributed by atoms with Crippen molar-refractivity contribution in [2.24, 2.45) is 22.5 Å². The fourth-order valence-electron chi connectivity index (χ4n) is 3.04. The Balaban J connectivity index is 1.91. The van der Waals surface area contributed by atoms with E-state index in [9.17, 15) is 4.79 Å². The second-order valence-corrected chi connectivity index (χ2v) is 7.20. The number of hydrogen-bond acceptors (Lipinski definition) is 2. The normalized spacial score (nSPS) is 19.9. The van der Waals surface area contributed by atoms with Crippen LogP contribution in [-0.4, -0.2) is 12.5 Å². The summed E-state index contributed by atoms with van der Waals surface area (Å²) >= 11 is 6.17. The molecule has 1 amide bonds. The number of primary amides is 1. The van der Waals surface area contributed by atoms with E-state index in [0.717, 1.165) is 12.1 Å². The minimum atomic E-state index is -0.451. The topological polar surface area (TPSA) is 55.1 Å². The number of rotatable bonds is 5. The largest absolute Gasteiger partial charge is 0.366 e. The predicted molar refractivity (Wildman–Crippen MR) is 82.7 cm³/mol. The highest BCUT2D eigenvalue weighted by Crippen LogP contribution is 2.67. The van der Waals surface area contributed by atoms with Gasteiger partial charge < -0.3 is 11.1 Å². The second-order valence-electron chi connectivity index (χ2n) is 6.80. The number of benzene rings is 1. The van der Waals surface area contributed by atoms with Gasteiger partial charge in [0.2, 0.25) is 5.91 Å². The van der Waals surface area contributed by atoms with Crippen molar-refractivity contribution in [2.75, 3.05) is 6.54 Å². The van der Waals surface area contributed by atoms with E-state index in [0.29, 0.717) is 33.9 Å². The monoisotopic (exact) mass is 294 g/mol. The van der Waals surface area contributed by atoms with Gasteiger partial charge in [0.15, 0.2) is 0 Å². The highest BCUT2D eigenvalue weighted by atomic mass is 35.5. The van der Waals surface area contributed by atoms with Gasteiger partial charge in [-0.25, -0.2) is 0 Å². The van der Waals surface area contributed by atoms with E-state index in [2.05, 4.69) is 33.0 Å². The van der Waals surface area contributed by atoms with Gasteiger partial charge >= 0.3 is 0 Å². The average molecular weight is 295 g/mol. The van der Waals surface area contributed by atoms with Gasteiger partial charge in [0.1, 0.15) is 0 Å². The van der Waals surface area contributed by atoms with Crippen molar-refractivity contribution in [2.45, 2.75) is 34.2 Å². The molecule has 0 bridgehead atoms. The molecule has 1 aliphatic rings. The SMILES string of the molecule is CC1(C)C(CNCc2ccc(C(N)=O)cc2Cl)C1(C)C. The summed E-state index contributed by atoms with van der Waals surface area (Å²) in [6.07, 6.45) is 0. The van der Waals surface area contributed by atoms with Crippen LogP contribution >= 0.6 is 11.6 Å². The highest BCUT2D eigenvalue weighted by Gasteiger charge is 2.63. The van der Waals surface area contributed by atoms with Crippen molar-refractivity contribution in [3.63, 3.8) is 0 Å². The van der Waals surface area contributed by atoms with Crippen molar-refractivity contribution in [1.29, 1.82) is 0 Å². The van der Waals surface area contributed by atoms with Crippen LogP contribution in [0, 0.1) is 16.7 Å².